The van der Waals surface area contributed by atoms with E-state index < -0.39 is 41.4 Å². The molecule has 1 aromatic heterocycles. The van der Waals surface area contributed by atoms with Gasteiger partial charge in [-0.2, -0.15) is 4.98 Å². The van der Waals surface area contributed by atoms with E-state index in [1.807, 2.05) is 0 Å². The number of carbonyl (C=O) groups is 5. The van der Waals surface area contributed by atoms with Gasteiger partial charge in [0, 0.05) is 23.7 Å². The van der Waals surface area contributed by atoms with E-state index in [1.54, 1.807) is 54.6 Å². The number of carbonyl (C=O) groups excluding carboxylic acids is 5. The average molecular weight is 640 g/mol. The first-order chi connectivity index (χ1) is 22.6. The third kappa shape index (κ3) is 8.77. The van der Waals surface area contributed by atoms with E-state index in [2.05, 4.69) is 31.2 Å². The maximum Gasteiger partial charge on any atom is 0.329 e. The van der Waals surface area contributed by atoms with Crippen LogP contribution in [0.15, 0.2) is 85.1 Å². The van der Waals surface area contributed by atoms with Crippen LogP contribution in [0.2, 0.25) is 0 Å². The van der Waals surface area contributed by atoms with Gasteiger partial charge in [0.15, 0.2) is 5.78 Å². The fourth-order valence-corrected chi connectivity index (χ4v) is 4.20. The molecule has 4 rings (SSSR count). The Morgan fingerprint density at radius 2 is 1.53 bits per heavy atom. The van der Waals surface area contributed by atoms with Crippen LogP contribution < -0.4 is 31.9 Å². The number of aromatic nitrogens is 2. The van der Waals surface area contributed by atoms with Gasteiger partial charge in [0.05, 0.1) is 35.9 Å². The number of nitro groups is 1. The van der Waals surface area contributed by atoms with Crippen molar-refractivity contribution in [3.05, 3.63) is 106 Å². The summed E-state index contributed by atoms with van der Waals surface area (Å²) < 4.78 is 0. The van der Waals surface area contributed by atoms with Crippen molar-refractivity contribution in [3.8, 4) is 0 Å². The van der Waals surface area contributed by atoms with E-state index in [1.165, 1.54) is 31.2 Å². The third-order valence-corrected chi connectivity index (χ3v) is 6.38. The number of nitrogens with zero attached hydrogens (tertiary/aromatic N) is 4. The van der Waals surface area contributed by atoms with Crippen LogP contribution in [0.5, 0.6) is 0 Å². The van der Waals surface area contributed by atoms with E-state index in [0.29, 0.717) is 11.3 Å². The molecule has 0 fully saturated rings. The second-order valence-electron chi connectivity index (χ2n) is 9.74. The molecule has 6 N–H and O–H groups in total. The molecule has 240 valence electrons. The molecule has 0 atom stereocenters. The highest BCUT2D eigenvalue weighted by Gasteiger charge is 2.26. The highest BCUT2D eigenvalue weighted by atomic mass is 16.6. The van der Waals surface area contributed by atoms with Crippen molar-refractivity contribution < 1.29 is 28.9 Å². The fraction of sp³-hybridized carbons (Fsp3) is 0.129. The molecule has 4 aromatic rings. The zero-order valence-electron chi connectivity index (χ0n) is 24.9. The van der Waals surface area contributed by atoms with E-state index in [4.69, 9.17) is 5.73 Å². The maximum absolute atomic E-state index is 13.5. The number of ketones is 1. The van der Waals surface area contributed by atoms with Crippen molar-refractivity contribution in [2.45, 2.75) is 6.92 Å². The molecule has 4 amide bonds. The number of rotatable bonds is 13. The van der Waals surface area contributed by atoms with Crippen LogP contribution in [-0.2, 0) is 19.2 Å². The summed E-state index contributed by atoms with van der Waals surface area (Å²) in [5.74, 6) is -3.32. The Morgan fingerprint density at radius 1 is 0.872 bits per heavy atom. The molecule has 16 nitrogen and oxygen atoms in total. The normalized spacial score (nSPS) is 10.3. The number of anilines is 5. The molecule has 0 spiro atoms. The number of nitrogens with two attached hydrogens (primary N) is 1. The van der Waals surface area contributed by atoms with Crippen molar-refractivity contribution in [1.82, 2.24) is 20.6 Å². The van der Waals surface area contributed by atoms with Gasteiger partial charge in [-0.05, 0) is 36.4 Å². The van der Waals surface area contributed by atoms with Crippen LogP contribution in [0.1, 0.15) is 22.8 Å². The van der Waals surface area contributed by atoms with Crippen molar-refractivity contribution in [2.24, 2.45) is 5.73 Å². The number of hydrogen-bond donors (Lipinski definition) is 5. The van der Waals surface area contributed by atoms with Gasteiger partial charge >= 0.3 is 5.69 Å². The Balaban J connectivity index is 1.71. The summed E-state index contributed by atoms with van der Waals surface area (Å²) >= 11 is 0. The van der Waals surface area contributed by atoms with E-state index in [9.17, 15) is 34.1 Å². The molecule has 0 aliphatic heterocycles. The molecule has 0 saturated carbocycles. The molecule has 0 radical (unpaired) electrons. The summed E-state index contributed by atoms with van der Waals surface area (Å²) in [7, 11) is 0. The van der Waals surface area contributed by atoms with Gasteiger partial charge in [-0.25, -0.2) is 9.88 Å². The SMILES string of the molecule is CC(=O)Nc1ccc(N(C(=O)CNC(=O)CNC(=O)CN)c2ncc([N+](=O)[O-])c(Nc3ccccc3C(=O)c3ccccc3)n2)cc1. The number of hydrogen-bond acceptors (Lipinski definition) is 11. The Bertz CT molecular complexity index is 1820. The van der Waals surface area contributed by atoms with E-state index in [0.717, 1.165) is 11.1 Å². The van der Waals surface area contributed by atoms with Crippen molar-refractivity contribution in [2.75, 3.05) is 35.2 Å². The summed E-state index contributed by atoms with van der Waals surface area (Å²) in [6, 6.07) is 20.8. The summed E-state index contributed by atoms with van der Waals surface area (Å²) in [6.45, 7) is -0.0133. The minimum Gasteiger partial charge on any atom is -0.346 e. The predicted octanol–water partition coefficient (Wildman–Crippen LogP) is 2.17. The first kappa shape index (κ1) is 33.3. The molecule has 0 bridgehead atoms. The van der Waals surface area contributed by atoms with Gasteiger partial charge < -0.3 is 27.0 Å². The van der Waals surface area contributed by atoms with Crippen LogP contribution in [0.3, 0.4) is 0 Å². The standard InChI is InChI=1S/C31H29N9O7/c1-19(41)36-21-11-13-22(14-12-21)39(28(44)18-34-27(43)17-33-26(42)15-32)31-35-16-25(40(46)47)30(38-31)37-24-10-6-5-9-23(24)29(45)20-7-3-2-4-8-20/h2-14,16H,15,17-18,32H2,1H3,(H,33,42)(H,34,43)(H,36,41)(H,35,37,38). The smallest absolute Gasteiger partial charge is 0.329 e. The van der Waals surface area contributed by atoms with Gasteiger partial charge in [-0.15, -0.1) is 0 Å². The molecule has 0 aliphatic carbocycles. The predicted molar refractivity (Wildman–Crippen MR) is 171 cm³/mol. The van der Waals surface area contributed by atoms with Gasteiger partial charge in [-0.3, -0.25) is 34.1 Å². The zero-order valence-corrected chi connectivity index (χ0v) is 24.9. The van der Waals surface area contributed by atoms with E-state index in [-0.39, 0.29) is 46.9 Å². The number of nitrogens with one attached hydrogen (secondary N) is 4. The Kier molecular flexibility index (Phi) is 11.0. The summed E-state index contributed by atoms with van der Waals surface area (Å²) in [5.41, 5.74) is 6.09. The van der Waals surface area contributed by atoms with E-state index >= 15 is 0 Å². The molecule has 0 aliphatic rings. The van der Waals surface area contributed by atoms with Gasteiger partial charge in [0.2, 0.25) is 29.5 Å². The highest BCUT2D eigenvalue weighted by Crippen LogP contribution is 2.32. The van der Waals surface area contributed by atoms with Crippen LogP contribution in [0.4, 0.5) is 34.5 Å². The highest BCUT2D eigenvalue weighted by molar-refractivity contribution is 6.12. The Hall–Kier alpha value is -6.55. The van der Waals surface area contributed by atoms with Crippen molar-refractivity contribution in [1.29, 1.82) is 0 Å². The number of benzene rings is 3. The minimum atomic E-state index is -0.754. The van der Waals surface area contributed by atoms with Crippen molar-refractivity contribution >= 4 is 63.9 Å². The molecule has 16 heteroatoms. The van der Waals surface area contributed by atoms with Crippen LogP contribution in [0, 0.1) is 10.1 Å². The Labute approximate surface area is 267 Å². The third-order valence-electron chi connectivity index (χ3n) is 6.38. The van der Waals surface area contributed by atoms with Crippen LogP contribution in [-0.4, -0.2) is 63.9 Å². The maximum atomic E-state index is 13.5. The van der Waals surface area contributed by atoms with Crippen molar-refractivity contribution in [3.63, 3.8) is 0 Å². The summed E-state index contributed by atoms with van der Waals surface area (Å²) in [4.78, 5) is 82.6. The molecular formula is C31H29N9O7. The lowest BCUT2D eigenvalue weighted by Crippen LogP contribution is -2.43. The first-order valence-electron chi connectivity index (χ1n) is 14.0. The molecule has 3 aromatic carbocycles. The Morgan fingerprint density at radius 3 is 2.19 bits per heavy atom. The second-order valence-corrected chi connectivity index (χ2v) is 9.74. The lowest BCUT2D eigenvalue weighted by molar-refractivity contribution is -0.384. The second kappa shape index (κ2) is 15.4. The van der Waals surface area contributed by atoms with Gasteiger partial charge in [0.25, 0.3) is 5.91 Å². The molecule has 1 heterocycles. The molecule has 47 heavy (non-hydrogen) atoms. The molecule has 0 saturated heterocycles. The topological polar surface area (TPSA) is 232 Å². The lowest BCUT2D eigenvalue weighted by Gasteiger charge is -2.22. The van der Waals surface area contributed by atoms with Crippen LogP contribution >= 0.6 is 0 Å². The van der Waals surface area contributed by atoms with Gasteiger partial charge in [-0.1, -0.05) is 42.5 Å². The number of amides is 4. The molecular weight excluding hydrogens is 610 g/mol. The molecule has 0 unspecified atom stereocenters. The monoisotopic (exact) mass is 639 g/mol. The summed E-state index contributed by atoms with van der Waals surface area (Å²) in [5, 5.41) is 22.1. The number of para-hydroxylation sites is 1. The largest absolute Gasteiger partial charge is 0.346 e. The van der Waals surface area contributed by atoms with Crippen LogP contribution in [0.25, 0.3) is 0 Å². The minimum absolute atomic E-state index is 0.189. The zero-order chi connectivity index (χ0) is 33.9. The fourth-order valence-electron chi connectivity index (χ4n) is 4.20. The average Bonchev–Trinajstić information content (AvgIpc) is 3.07. The lowest BCUT2D eigenvalue weighted by atomic mass is 10.0. The first-order valence-corrected chi connectivity index (χ1v) is 14.0. The summed E-state index contributed by atoms with van der Waals surface area (Å²) in [6.07, 6.45) is 0.902. The van der Waals surface area contributed by atoms with Gasteiger partial charge in [0.1, 0.15) is 6.20 Å². The quantitative estimate of drug-likeness (QED) is 0.0808.